The maximum Gasteiger partial charge on any atom is 0.0616 e. The van der Waals surface area contributed by atoms with Crippen LogP contribution in [0.15, 0.2) is 0 Å². The zero-order chi connectivity index (χ0) is 13.6. The van der Waals surface area contributed by atoms with Gasteiger partial charge < -0.3 is 15.2 Å². The van der Waals surface area contributed by atoms with Crippen LogP contribution in [0.3, 0.4) is 0 Å². The SMILES string of the molecule is COCC(CCO)NC1CCCCC1C(C)(C)C. The fourth-order valence-corrected chi connectivity index (χ4v) is 3.24. The van der Waals surface area contributed by atoms with E-state index in [1.165, 1.54) is 25.7 Å². The molecule has 108 valence electrons. The highest BCUT2D eigenvalue weighted by Gasteiger charge is 2.34. The number of nitrogens with one attached hydrogen (secondary N) is 1. The summed E-state index contributed by atoms with van der Waals surface area (Å²) in [4.78, 5) is 0. The summed E-state index contributed by atoms with van der Waals surface area (Å²) in [6.07, 6.45) is 6.03. The molecule has 1 saturated carbocycles. The summed E-state index contributed by atoms with van der Waals surface area (Å²) in [6.45, 7) is 7.95. The summed E-state index contributed by atoms with van der Waals surface area (Å²) in [5, 5.41) is 12.9. The van der Waals surface area contributed by atoms with Gasteiger partial charge >= 0.3 is 0 Å². The summed E-state index contributed by atoms with van der Waals surface area (Å²) in [6, 6.07) is 0.860. The summed E-state index contributed by atoms with van der Waals surface area (Å²) in [5.41, 5.74) is 0.356. The van der Waals surface area contributed by atoms with E-state index in [1.807, 2.05) is 0 Å². The lowest BCUT2D eigenvalue weighted by molar-refractivity contribution is 0.0924. The van der Waals surface area contributed by atoms with Gasteiger partial charge in [0.2, 0.25) is 0 Å². The molecule has 3 atom stereocenters. The minimum atomic E-state index is 0.230. The molecule has 18 heavy (non-hydrogen) atoms. The van der Waals surface area contributed by atoms with E-state index in [-0.39, 0.29) is 12.6 Å². The van der Waals surface area contributed by atoms with Crippen molar-refractivity contribution in [1.82, 2.24) is 5.32 Å². The molecule has 0 spiro atoms. The van der Waals surface area contributed by atoms with Crippen LogP contribution in [0, 0.1) is 11.3 Å². The number of hydrogen-bond acceptors (Lipinski definition) is 3. The van der Waals surface area contributed by atoms with Crippen LogP contribution >= 0.6 is 0 Å². The highest BCUT2D eigenvalue weighted by Crippen LogP contribution is 2.38. The van der Waals surface area contributed by atoms with Gasteiger partial charge in [-0.25, -0.2) is 0 Å². The molecule has 0 aliphatic heterocycles. The Labute approximate surface area is 112 Å². The minimum absolute atomic E-state index is 0.230. The lowest BCUT2D eigenvalue weighted by Crippen LogP contribution is -2.49. The Balaban J connectivity index is 2.59. The summed E-state index contributed by atoms with van der Waals surface area (Å²) < 4.78 is 5.25. The normalized spacial score (nSPS) is 27.2. The molecule has 0 amide bonds. The van der Waals surface area contributed by atoms with Gasteiger partial charge in [-0.1, -0.05) is 33.6 Å². The molecule has 2 N–H and O–H groups in total. The first-order chi connectivity index (χ1) is 8.49. The second-order valence-electron chi connectivity index (χ2n) is 6.69. The minimum Gasteiger partial charge on any atom is -0.396 e. The Morgan fingerprint density at radius 3 is 2.50 bits per heavy atom. The van der Waals surface area contributed by atoms with Crippen LogP contribution in [0.2, 0.25) is 0 Å². The Morgan fingerprint density at radius 1 is 1.28 bits per heavy atom. The maximum atomic E-state index is 9.12. The van der Waals surface area contributed by atoms with Crippen LogP contribution in [0.5, 0.6) is 0 Å². The van der Waals surface area contributed by atoms with E-state index in [2.05, 4.69) is 26.1 Å². The third-order valence-corrected chi connectivity index (χ3v) is 4.17. The smallest absolute Gasteiger partial charge is 0.0616 e. The summed E-state index contributed by atoms with van der Waals surface area (Å²) in [7, 11) is 1.73. The van der Waals surface area contributed by atoms with Gasteiger partial charge in [0.25, 0.3) is 0 Å². The van der Waals surface area contributed by atoms with Gasteiger partial charge in [0.05, 0.1) is 6.61 Å². The second-order valence-corrected chi connectivity index (χ2v) is 6.69. The molecule has 1 aliphatic carbocycles. The van der Waals surface area contributed by atoms with E-state index in [9.17, 15) is 0 Å². The molecule has 1 aliphatic rings. The van der Waals surface area contributed by atoms with E-state index < -0.39 is 0 Å². The van der Waals surface area contributed by atoms with Gasteiger partial charge in [0.1, 0.15) is 0 Å². The second kappa shape index (κ2) is 7.46. The molecule has 0 saturated heterocycles. The van der Waals surface area contributed by atoms with Gasteiger partial charge in [-0.05, 0) is 30.6 Å². The number of aliphatic hydroxyl groups is 1. The molecule has 0 radical (unpaired) electrons. The van der Waals surface area contributed by atoms with Crippen LogP contribution in [-0.2, 0) is 4.74 Å². The number of rotatable bonds is 6. The van der Waals surface area contributed by atoms with E-state index in [1.54, 1.807) is 7.11 Å². The fourth-order valence-electron chi connectivity index (χ4n) is 3.24. The molecular weight excluding hydrogens is 226 g/mol. The van der Waals surface area contributed by atoms with E-state index in [0.29, 0.717) is 18.1 Å². The van der Waals surface area contributed by atoms with Crippen molar-refractivity contribution in [1.29, 1.82) is 0 Å². The van der Waals surface area contributed by atoms with Crippen LogP contribution in [0.25, 0.3) is 0 Å². The molecule has 0 aromatic heterocycles. The largest absolute Gasteiger partial charge is 0.396 e. The van der Waals surface area contributed by atoms with Gasteiger partial charge in [-0.3, -0.25) is 0 Å². The fraction of sp³-hybridized carbons (Fsp3) is 1.00. The van der Waals surface area contributed by atoms with E-state index in [4.69, 9.17) is 9.84 Å². The molecule has 3 nitrogen and oxygen atoms in total. The molecule has 1 fully saturated rings. The number of aliphatic hydroxyl groups excluding tert-OH is 1. The van der Waals surface area contributed by atoms with Crippen molar-refractivity contribution in [3.05, 3.63) is 0 Å². The zero-order valence-electron chi connectivity index (χ0n) is 12.5. The Bertz CT molecular complexity index is 219. The lowest BCUT2D eigenvalue weighted by Gasteiger charge is -2.42. The van der Waals surface area contributed by atoms with Gasteiger partial charge in [-0.2, -0.15) is 0 Å². The number of hydrogen-bond donors (Lipinski definition) is 2. The first kappa shape index (κ1) is 15.9. The third kappa shape index (κ3) is 4.87. The molecule has 0 aromatic rings. The van der Waals surface area contributed by atoms with Crippen LogP contribution in [-0.4, -0.2) is 37.5 Å². The topological polar surface area (TPSA) is 41.5 Å². The Kier molecular flexibility index (Phi) is 6.61. The Morgan fingerprint density at radius 2 is 1.94 bits per heavy atom. The predicted octanol–water partition coefficient (Wildman–Crippen LogP) is 2.58. The van der Waals surface area contributed by atoms with Crippen LogP contribution in [0.1, 0.15) is 52.9 Å². The van der Waals surface area contributed by atoms with Crippen molar-refractivity contribution < 1.29 is 9.84 Å². The van der Waals surface area contributed by atoms with Crippen molar-refractivity contribution in [3.8, 4) is 0 Å². The predicted molar refractivity (Wildman–Crippen MR) is 75.7 cm³/mol. The highest BCUT2D eigenvalue weighted by molar-refractivity contribution is 4.89. The molecular formula is C15H31NO2. The maximum absolute atomic E-state index is 9.12. The van der Waals surface area contributed by atoms with Crippen molar-refractivity contribution in [2.75, 3.05) is 20.3 Å². The van der Waals surface area contributed by atoms with Gasteiger partial charge in [-0.15, -0.1) is 0 Å². The molecule has 0 bridgehead atoms. The number of methoxy groups -OCH3 is 1. The average molecular weight is 257 g/mol. The van der Waals surface area contributed by atoms with Crippen LogP contribution in [0.4, 0.5) is 0 Å². The van der Waals surface area contributed by atoms with E-state index in [0.717, 1.165) is 12.3 Å². The Hall–Kier alpha value is -0.120. The number of ether oxygens (including phenoxy) is 1. The molecule has 3 unspecified atom stereocenters. The molecule has 0 aromatic carbocycles. The molecule has 1 rings (SSSR count). The van der Waals surface area contributed by atoms with Crippen LogP contribution < -0.4 is 5.32 Å². The third-order valence-electron chi connectivity index (χ3n) is 4.17. The quantitative estimate of drug-likeness (QED) is 0.768. The monoisotopic (exact) mass is 257 g/mol. The summed E-state index contributed by atoms with van der Waals surface area (Å²) >= 11 is 0. The van der Waals surface area contributed by atoms with Gasteiger partial charge in [0.15, 0.2) is 0 Å². The molecule has 3 heteroatoms. The van der Waals surface area contributed by atoms with E-state index >= 15 is 0 Å². The van der Waals surface area contributed by atoms with Crippen molar-refractivity contribution in [3.63, 3.8) is 0 Å². The summed E-state index contributed by atoms with van der Waals surface area (Å²) in [5.74, 6) is 0.726. The molecule has 0 heterocycles. The zero-order valence-corrected chi connectivity index (χ0v) is 12.5. The standard InChI is InChI=1S/C15H31NO2/c1-15(2,3)13-7-5-6-8-14(13)16-12(9-10-17)11-18-4/h12-14,16-17H,5-11H2,1-4H3. The van der Waals surface area contributed by atoms with Crippen molar-refractivity contribution >= 4 is 0 Å². The van der Waals surface area contributed by atoms with Crippen molar-refractivity contribution in [2.45, 2.75) is 65.0 Å². The van der Waals surface area contributed by atoms with Gasteiger partial charge in [0, 0.05) is 25.8 Å². The first-order valence-corrected chi connectivity index (χ1v) is 7.35. The highest BCUT2D eigenvalue weighted by atomic mass is 16.5. The first-order valence-electron chi connectivity index (χ1n) is 7.35. The average Bonchev–Trinajstić information content (AvgIpc) is 2.29. The van der Waals surface area contributed by atoms with Crippen molar-refractivity contribution in [2.24, 2.45) is 11.3 Å². The lowest BCUT2D eigenvalue weighted by atomic mass is 9.69.